The topological polar surface area (TPSA) is 92.2 Å². The molecule has 1 aromatic carbocycles. The molecule has 174 valence electrons. The fourth-order valence-corrected chi connectivity index (χ4v) is 7.42. The monoisotopic (exact) mass is 522 g/mol. The molecule has 12 heteroatoms. The quantitative estimate of drug-likeness (QED) is 0.388. The van der Waals surface area contributed by atoms with Gasteiger partial charge in [0.1, 0.15) is 9.93 Å². The molecule has 8 nitrogen and oxygen atoms in total. The van der Waals surface area contributed by atoms with Gasteiger partial charge in [0.25, 0.3) is 15.9 Å². The first-order valence-corrected chi connectivity index (χ1v) is 14.0. The SMILES string of the molecule is COCCCN1C(=O)C(=C2SC(C)=C(C)N2c2nccs2)SC1=NS(=O)(=O)c1ccccc1. The van der Waals surface area contributed by atoms with E-state index in [1.54, 1.807) is 31.5 Å². The van der Waals surface area contributed by atoms with Crippen LogP contribution in [0.15, 0.2) is 71.7 Å². The van der Waals surface area contributed by atoms with Crippen LogP contribution in [-0.4, -0.2) is 49.6 Å². The highest BCUT2D eigenvalue weighted by Crippen LogP contribution is 2.49. The van der Waals surface area contributed by atoms with Gasteiger partial charge in [0.2, 0.25) is 0 Å². The van der Waals surface area contributed by atoms with Crippen LogP contribution in [0.25, 0.3) is 0 Å². The fraction of sp³-hybridized carbons (Fsp3) is 0.286. The third-order valence-electron chi connectivity index (χ3n) is 4.94. The average Bonchev–Trinajstić information content (AvgIpc) is 3.49. The lowest BCUT2D eigenvalue weighted by atomic mass is 10.3. The maximum Gasteiger partial charge on any atom is 0.284 e. The molecular formula is C21H22N4O4S4. The average molecular weight is 523 g/mol. The van der Waals surface area contributed by atoms with Crippen LogP contribution in [0.2, 0.25) is 0 Å². The third kappa shape index (κ3) is 4.90. The molecule has 0 saturated carbocycles. The Morgan fingerprint density at radius 3 is 2.58 bits per heavy atom. The van der Waals surface area contributed by atoms with E-state index in [9.17, 15) is 13.2 Å². The predicted octanol–water partition coefficient (Wildman–Crippen LogP) is 4.47. The van der Waals surface area contributed by atoms with Gasteiger partial charge in [0.05, 0.1) is 4.90 Å². The van der Waals surface area contributed by atoms with E-state index in [1.807, 2.05) is 24.1 Å². The summed E-state index contributed by atoms with van der Waals surface area (Å²) in [6, 6.07) is 8.00. The Morgan fingerprint density at radius 2 is 1.91 bits per heavy atom. The first kappa shape index (κ1) is 24.0. The third-order valence-corrected chi connectivity index (χ3v) is 9.47. The van der Waals surface area contributed by atoms with Gasteiger partial charge in [-0.25, -0.2) is 4.98 Å². The highest BCUT2D eigenvalue weighted by Gasteiger charge is 2.41. The molecule has 0 bridgehead atoms. The number of allylic oxidation sites excluding steroid dienone is 2. The number of thioether (sulfide) groups is 2. The van der Waals surface area contributed by atoms with E-state index in [0.29, 0.717) is 29.5 Å². The van der Waals surface area contributed by atoms with Gasteiger partial charge in [0.15, 0.2) is 10.3 Å². The van der Waals surface area contributed by atoms with E-state index >= 15 is 0 Å². The second-order valence-corrected chi connectivity index (χ2v) is 11.8. The number of nitrogens with zero attached hydrogens (tertiary/aromatic N) is 4. The van der Waals surface area contributed by atoms with Gasteiger partial charge in [-0.15, -0.1) is 15.7 Å². The largest absolute Gasteiger partial charge is 0.385 e. The van der Waals surface area contributed by atoms with Gasteiger partial charge < -0.3 is 4.74 Å². The molecule has 1 fully saturated rings. The first-order chi connectivity index (χ1) is 15.8. The molecule has 0 N–H and O–H groups in total. The molecule has 2 aromatic rings. The summed E-state index contributed by atoms with van der Waals surface area (Å²) >= 11 is 4.04. The Bertz CT molecular complexity index is 1240. The van der Waals surface area contributed by atoms with Crippen molar-refractivity contribution in [2.45, 2.75) is 25.2 Å². The number of hydrogen-bond donors (Lipinski definition) is 0. The van der Waals surface area contributed by atoms with E-state index in [4.69, 9.17) is 4.74 Å². The summed E-state index contributed by atoms with van der Waals surface area (Å²) in [6.07, 6.45) is 2.27. The van der Waals surface area contributed by atoms with E-state index in [1.165, 1.54) is 40.1 Å². The number of thiazole rings is 1. The standard InChI is InChI=1S/C21H22N4O4S4/c1-14-15(2)31-19(25(14)20-22-10-13-30-20)17-18(26)24(11-7-12-29-3)21(32-17)23-33(27,28)16-8-5-4-6-9-16/h4-6,8-10,13H,7,11-12H2,1-3H3. The lowest BCUT2D eigenvalue weighted by molar-refractivity contribution is -0.122. The van der Waals surface area contributed by atoms with Gasteiger partial charge in [-0.2, -0.15) is 8.42 Å². The van der Waals surface area contributed by atoms with Crippen LogP contribution in [-0.2, 0) is 19.6 Å². The minimum Gasteiger partial charge on any atom is -0.385 e. The Balaban J connectivity index is 1.77. The Kier molecular flexibility index (Phi) is 7.29. The van der Waals surface area contributed by atoms with Crippen LogP contribution >= 0.6 is 34.9 Å². The van der Waals surface area contributed by atoms with Crippen molar-refractivity contribution in [2.24, 2.45) is 4.40 Å². The number of amidine groups is 1. The second-order valence-electron chi connectivity index (χ2n) is 7.10. The summed E-state index contributed by atoms with van der Waals surface area (Å²) < 4.78 is 35.1. The number of anilines is 1. The number of hydrogen-bond acceptors (Lipinski definition) is 9. The number of ether oxygens (including phenoxy) is 1. The maximum atomic E-state index is 13.5. The molecule has 0 atom stereocenters. The minimum atomic E-state index is -3.98. The van der Waals surface area contributed by atoms with Crippen LogP contribution in [0.3, 0.4) is 0 Å². The van der Waals surface area contributed by atoms with E-state index < -0.39 is 10.0 Å². The lowest BCUT2D eigenvalue weighted by Gasteiger charge is -2.19. The fourth-order valence-electron chi connectivity index (χ4n) is 3.19. The highest BCUT2D eigenvalue weighted by atomic mass is 32.2. The van der Waals surface area contributed by atoms with Crippen molar-refractivity contribution in [3.63, 3.8) is 0 Å². The second kappa shape index (κ2) is 10.0. The summed E-state index contributed by atoms with van der Waals surface area (Å²) in [5, 5.41) is 3.49. The van der Waals surface area contributed by atoms with Gasteiger partial charge in [-0.05, 0) is 44.2 Å². The van der Waals surface area contributed by atoms with E-state index in [-0.39, 0.29) is 16.0 Å². The summed E-state index contributed by atoms with van der Waals surface area (Å²) in [5.74, 6) is -0.273. The molecule has 0 spiro atoms. The van der Waals surface area contributed by atoms with Crippen LogP contribution in [0.4, 0.5) is 5.13 Å². The molecule has 2 aliphatic rings. The lowest BCUT2D eigenvalue weighted by Crippen LogP contribution is -2.32. The number of rotatable bonds is 7. The molecular weight excluding hydrogens is 501 g/mol. The number of methoxy groups -OCH3 is 1. The smallest absolute Gasteiger partial charge is 0.284 e. The number of carbonyl (C=O) groups excluding carboxylic acids is 1. The zero-order valence-electron chi connectivity index (χ0n) is 18.2. The summed E-state index contributed by atoms with van der Waals surface area (Å²) in [5.41, 5.74) is 0.985. The highest BCUT2D eigenvalue weighted by molar-refractivity contribution is 8.20. The van der Waals surface area contributed by atoms with Crippen molar-refractivity contribution in [3.05, 3.63) is 62.4 Å². The molecule has 1 aromatic heterocycles. The molecule has 33 heavy (non-hydrogen) atoms. The zero-order chi connectivity index (χ0) is 23.6. The van der Waals surface area contributed by atoms with Crippen LogP contribution in [0.5, 0.6) is 0 Å². The van der Waals surface area contributed by atoms with Gasteiger partial charge in [0, 0.05) is 42.4 Å². The number of benzene rings is 1. The van der Waals surface area contributed by atoms with Gasteiger partial charge in [-0.3, -0.25) is 14.6 Å². The molecule has 1 amide bonds. The van der Waals surface area contributed by atoms with Crippen molar-refractivity contribution in [3.8, 4) is 0 Å². The first-order valence-electron chi connectivity index (χ1n) is 10.0. The van der Waals surface area contributed by atoms with Crippen LogP contribution in [0.1, 0.15) is 20.3 Å². The molecule has 0 unspecified atom stereocenters. The van der Waals surface area contributed by atoms with Crippen molar-refractivity contribution >= 4 is 61.1 Å². The number of aromatic nitrogens is 1. The Hall–Kier alpha value is -2.12. The zero-order valence-corrected chi connectivity index (χ0v) is 21.5. The molecule has 2 aliphatic heterocycles. The summed E-state index contributed by atoms with van der Waals surface area (Å²) in [4.78, 5) is 22.9. The molecule has 0 radical (unpaired) electrons. The van der Waals surface area contributed by atoms with Gasteiger partial charge >= 0.3 is 0 Å². The number of carbonyl (C=O) groups is 1. The molecule has 1 saturated heterocycles. The number of amides is 1. The molecule has 0 aliphatic carbocycles. The normalized spacial score (nSPS) is 20.6. The summed E-state index contributed by atoms with van der Waals surface area (Å²) in [6.45, 7) is 4.71. The molecule has 3 heterocycles. The van der Waals surface area contributed by atoms with Crippen LogP contribution < -0.4 is 4.90 Å². The van der Waals surface area contributed by atoms with E-state index in [0.717, 1.165) is 27.5 Å². The molecule has 4 rings (SSSR count). The van der Waals surface area contributed by atoms with Crippen molar-refractivity contribution < 1.29 is 17.9 Å². The predicted molar refractivity (Wildman–Crippen MR) is 134 cm³/mol. The Morgan fingerprint density at radius 1 is 1.15 bits per heavy atom. The summed E-state index contributed by atoms with van der Waals surface area (Å²) in [7, 11) is -2.39. The van der Waals surface area contributed by atoms with Crippen molar-refractivity contribution in [2.75, 3.05) is 25.2 Å². The van der Waals surface area contributed by atoms with Crippen molar-refractivity contribution in [1.29, 1.82) is 0 Å². The number of sulfonamides is 1. The Labute approximate surface area is 205 Å². The van der Waals surface area contributed by atoms with Crippen molar-refractivity contribution in [1.82, 2.24) is 9.88 Å². The minimum absolute atomic E-state index is 0.0801. The van der Waals surface area contributed by atoms with Gasteiger partial charge in [-0.1, -0.05) is 30.0 Å². The maximum absolute atomic E-state index is 13.5. The van der Waals surface area contributed by atoms with Crippen LogP contribution in [0, 0.1) is 0 Å². The van der Waals surface area contributed by atoms with E-state index in [2.05, 4.69) is 9.38 Å².